The molecule has 0 spiro atoms. The van der Waals surface area contributed by atoms with E-state index in [0.717, 1.165) is 41.9 Å². The standard InChI is InChI=1S/C33H31FN2O5S.O2/c34-24-9-17-28(18-10-24)42-36-33(19-3-4-20-33)22-40-25-13-15-27(16-14-25)41-26-11-7-23(8-12-26)21-31(37)35-30-6-2-1-5-29(30)32(38)39;1-2/h1-2,5-18,36H,3-4,19-22H2,(H,35,37)(H,38,39);. The number of carbonyl (C=O) groups excluding carboxylic acids is 1. The molecule has 0 aromatic heterocycles. The van der Waals surface area contributed by atoms with Crippen LogP contribution in [0.1, 0.15) is 41.6 Å². The number of ether oxygens (including phenoxy) is 2. The number of carboxylic acid groups (broad SMARTS) is 1. The summed E-state index contributed by atoms with van der Waals surface area (Å²) in [7, 11) is 0. The topological polar surface area (TPSA) is 131 Å². The van der Waals surface area contributed by atoms with E-state index in [9.17, 15) is 19.1 Å². The van der Waals surface area contributed by atoms with Crippen molar-refractivity contribution >= 4 is 29.5 Å². The molecule has 44 heavy (non-hydrogen) atoms. The summed E-state index contributed by atoms with van der Waals surface area (Å²) in [5, 5.41) is 12.0. The van der Waals surface area contributed by atoms with E-state index in [2.05, 4.69) is 10.0 Å². The molecular weight excluding hydrogens is 587 g/mol. The van der Waals surface area contributed by atoms with Crippen LogP contribution in [0, 0.1) is 15.7 Å². The molecule has 9 nitrogen and oxygen atoms in total. The Balaban J connectivity index is 0.00000216. The van der Waals surface area contributed by atoms with Crippen molar-refractivity contribution in [3.63, 3.8) is 0 Å². The molecule has 0 aliphatic heterocycles. The first-order valence-electron chi connectivity index (χ1n) is 13.9. The molecule has 0 bridgehead atoms. The Hall–Kier alpha value is -4.74. The number of hydrogen-bond acceptors (Lipinski definition) is 8. The van der Waals surface area contributed by atoms with Gasteiger partial charge in [-0.25, -0.2) is 9.18 Å². The molecule has 0 heterocycles. The first-order valence-corrected chi connectivity index (χ1v) is 14.7. The van der Waals surface area contributed by atoms with Crippen molar-refractivity contribution in [2.45, 2.75) is 42.5 Å². The summed E-state index contributed by atoms with van der Waals surface area (Å²) in [6.07, 6.45) is 4.38. The molecule has 0 atom stereocenters. The summed E-state index contributed by atoms with van der Waals surface area (Å²) >= 11 is 1.51. The Bertz CT molecular complexity index is 1530. The Morgan fingerprint density at radius 2 is 1.41 bits per heavy atom. The molecule has 5 rings (SSSR count). The van der Waals surface area contributed by atoms with E-state index in [0.29, 0.717) is 18.1 Å². The van der Waals surface area contributed by atoms with Crippen LogP contribution in [-0.2, 0) is 11.2 Å². The Morgan fingerprint density at radius 3 is 2.05 bits per heavy atom. The van der Waals surface area contributed by atoms with Crippen molar-refractivity contribution in [1.29, 1.82) is 0 Å². The van der Waals surface area contributed by atoms with Gasteiger partial charge >= 0.3 is 5.97 Å². The SMILES string of the molecule is O=C(Cc1ccc(Oc2ccc(OCC3(NSc4ccc(F)cc4)CCCC3)cc2)cc1)Nc1ccccc1C(=O)O.O=O. The Kier molecular flexibility index (Phi) is 11.4. The lowest BCUT2D eigenvalue weighted by molar-refractivity contribution is -0.115. The molecular formula is C33H31FN2O7S. The number of para-hydroxylation sites is 1. The van der Waals surface area contributed by atoms with Crippen molar-refractivity contribution in [2.24, 2.45) is 0 Å². The number of hydrogen-bond donors (Lipinski definition) is 3. The third kappa shape index (κ3) is 9.13. The zero-order valence-corrected chi connectivity index (χ0v) is 24.5. The summed E-state index contributed by atoms with van der Waals surface area (Å²) in [5.74, 6) is 0.365. The third-order valence-electron chi connectivity index (χ3n) is 7.05. The quantitative estimate of drug-likeness (QED) is 0.138. The van der Waals surface area contributed by atoms with Crippen LogP contribution in [0.5, 0.6) is 17.2 Å². The van der Waals surface area contributed by atoms with Gasteiger partial charge in [0, 0.05) is 14.8 Å². The molecule has 4 aromatic rings. The van der Waals surface area contributed by atoms with Crippen LogP contribution in [0.4, 0.5) is 10.1 Å². The third-order valence-corrected chi connectivity index (χ3v) is 8.10. The summed E-state index contributed by atoms with van der Waals surface area (Å²) in [6, 6.07) is 27.4. The van der Waals surface area contributed by atoms with E-state index < -0.39 is 5.97 Å². The van der Waals surface area contributed by atoms with Gasteiger partial charge < -0.3 is 19.9 Å². The molecule has 11 heteroatoms. The summed E-state index contributed by atoms with van der Waals surface area (Å²) < 4.78 is 28.9. The summed E-state index contributed by atoms with van der Waals surface area (Å²) in [5.41, 5.74) is 0.929. The van der Waals surface area contributed by atoms with Gasteiger partial charge in [0.1, 0.15) is 29.7 Å². The number of rotatable bonds is 12. The van der Waals surface area contributed by atoms with Gasteiger partial charge in [0.05, 0.1) is 23.2 Å². The number of aromatic carboxylic acids is 1. The summed E-state index contributed by atoms with van der Waals surface area (Å²) in [6.45, 7) is 0.526. The number of amides is 1. The van der Waals surface area contributed by atoms with Crippen LogP contribution in [0.2, 0.25) is 0 Å². The molecule has 1 amide bonds. The number of benzene rings is 4. The zero-order valence-electron chi connectivity index (χ0n) is 23.7. The van der Waals surface area contributed by atoms with Crippen LogP contribution in [0.3, 0.4) is 0 Å². The van der Waals surface area contributed by atoms with Gasteiger partial charge in [0.15, 0.2) is 0 Å². The van der Waals surface area contributed by atoms with Crippen LogP contribution in [-0.4, -0.2) is 29.1 Å². The van der Waals surface area contributed by atoms with Crippen LogP contribution < -0.4 is 19.5 Å². The van der Waals surface area contributed by atoms with Crippen LogP contribution in [0.15, 0.2) is 102 Å². The molecule has 4 aromatic carbocycles. The second-order valence-electron chi connectivity index (χ2n) is 10.2. The fraction of sp³-hybridized carbons (Fsp3) is 0.212. The Labute approximate surface area is 258 Å². The van der Waals surface area contributed by atoms with Gasteiger partial charge in [-0.15, -0.1) is 0 Å². The zero-order chi connectivity index (χ0) is 31.4. The highest BCUT2D eigenvalue weighted by molar-refractivity contribution is 7.97. The molecule has 1 aliphatic rings. The fourth-order valence-electron chi connectivity index (χ4n) is 4.79. The second kappa shape index (κ2) is 15.6. The number of nitrogens with one attached hydrogen (secondary N) is 2. The van der Waals surface area contributed by atoms with Gasteiger partial charge in [0.25, 0.3) is 0 Å². The van der Waals surface area contributed by atoms with Crippen molar-refractivity contribution in [2.75, 3.05) is 11.9 Å². The maximum atomic E-state index is 13.2. The minimum Gasteiger partial charge on any atom is -0.492 e. The van der Waals surface area contributed by atoms with Crippen LogP contribution in [0.25, 0.3) is 0 Å². The van der Waals surface area contributed by atoms with Gasteiger partial charge in [0.2, 0.25) is 5.91 Å². The van der Waals surface area contributed by atoms with E-state index in [-0.39, 0.29) is 34.9 Å². The predicted molar refractivity (Wildman–Crippen MR) is 168 cm³/mol. The predicted octanol–water partition coefficient (Wildman–Crippen LogP) is 7.55. The van der Waals surface area contributed by atoms with E-state index in [1.54, 1.807) is 54.6 Å². The van der Waals surface area contributed by atoms with E-state index >= 15 is 0 Å². The Morgan fingerprint density at radius 1 is 0.818 bits per heavy atom. The lowest BCUT2D eigenvalue weighted by Crippen LogP contribution is -2.44. The van der Waals surface area contributed by atoms with Crippen molar-refractivity contribution < 1.29 is 28.6 Å². The van der Waals surface area contributed by atoms with Crippen molar-refractivity contribution in [3.8, 4) is 17.2 Å². The monoisotopic (exact) mass is 618 g/mol. The van der Waals surface area contributed by atoms with E-state index in [1.807, 2.05) is 24.3 Å². The second-order valence-corrected chi connectivity index (χ2v) is 11.1. The molecule has 1 saturated carbocycles. The van der Waals surface area contributed by atoms with Crippen molar-refractivity contribution in [1.82, 2.24) is 4.72 Å². The molecule has 228 valence electrons. The van der Waals surface area contributed by atoms with Gasteiger partial charge in [-0.1, -0.05) is 37.1 Å². The van der Waals surface area contributed by atoms with Gasteiger partial charge in [-0.3, -0.25) is 9.52 Å². The lowest BCUT2D eigenvalue weighted by Gasteiger charge is -2.29. The van der Waals surface area contributed by atoms with Gasteiger partial charge in [-0.05, 0) is 103 Å². The largest absolute Gasteiger partial charge is 0.492 e. The highest BCUT2D eigenvalue weighted by atomic mass is 32.2. The normalized spacial score (nSPS) is 13.3. The first-order chi connectivity index (χ1) is 21.4. The molecule has 1 aliphatic carbocycles. The number of halogens is 1. The maximum absolute atomic E-state index is 13.2. The average Bonchev–Trinajstić information content (AvgIpc) is 3.52. The minimum atomic E-state index is -1.10. The van der Waals surface area contributed by atoms with E-state index in [4.69, 9.17) is 19.4 Å². The number of carboxylic acids is 1. The fourth-order valence-corrected chi connectivity index (χ4v) is 5.66. The van der Waals surface area contributed by atoms with E-state index in [1.165, 1.54) is 30.1 Å². The van der Waals surface area contributed by atoms with Gasteiger partial charge in [-0.2, -0.15) is 0 Å². The lowest BCUT2D eigenvalue weighted by atomic mass is 10.0. The highest BCUT2D eigenvalue weighted by Gasteiger charge is 2.35. The number of carbonyl (C=O) groups is 2. The average molecular weight is 619 g/mol. The van der Waals surface area contributed by atoms with Crippen LogP contribution >= 0.6 is 11.9 Å². The maximum Gasteiger partial charge on any atom is 0.337 e. The molecule has 0 unspecified atom stereocenters. The highest BCUT2D eigenvalue weighted by Crippen LogP contribution is 2.34. The molecule has 0 radical (unpaired) electrons. The molecule has 0 saturated heterocycles. The summed E-state index contributed by atoms with van der Waals surface area (Å²) in [4.78, 5) is 38.8. The minimum absolute atomic E-state index is 0.0431. The molecule has 3 N–H and O–H groups in total. The van der Waals surface area contributed by atoms with Crippen molar-refractivity contribution in [3.05, 3.63) is 124 Å². The molecule has 1 fully saturated rings. The smallest absolute Gasteiger partial charge is 0.337 e. The first kappa shape index (κ1) is 32.2. The number of anilines is 1.